The van der Waals surface area contributed by atoms with E-state index in [1.54, 1.807) is 6.92 Å². The highest BCUT2D eigenvalue weighted by molar-refractivity contribution is 7.99. The van der Waals surface area contributed by atoms with E-state index < -0.39 is 5.97 Å². The van der Waals surface area contributed by atoms with E-state index in [0.29, 0.717) is 5.89 Å². The van der Waals surface area contributed by atoms with Crippen LogP contribution < -0.4 is 0 Å². The van der Waals surface area contributed by atoms with Gasteiger partial charge in [-0.1, -0.05) is 0 Å². The Morgan fingerprint density at radius 1 is 1.44 bits per heavy atom. The van der Waals surface area contributed by atoms with Crippen LogP contribution in [0.4, 0.5) is 0 Å². The second kappa shape index (κ2) is 4.27. The summed E-state index contributed by atoms with van der Waals surface area (Å²) in [5, 5.41) is 24.0. The van der Waals surface area contributed by atoms with Crippen LogP contribution in [0.3, 0.4) is 0 Å². The molecule has 2 heterocycles. The number of aryl methyl sites for hydroxylation is 1. The van der Waals surface area contributed by atoms with Gasteiger partial charge in [-0.15, -0.1) is 15.3 Å². The lowest BCUT2D eigenvalue weighted by atomic mass is 10.3. The molecule has 0 spiro atoms. The number of hydrogen-bond acceptors (Lipinski definition) is 7. The Balaban J connectivity index is 2.31. The molecule has 0 saturated carbocycles. The SMILES string of the molecule is Cc1nnc(Sc2nnccc2C(=O)O)o1. The van der Waals surface area contributed by atoms with Crippen LogP contribution in [0.5, 0.6) is 0 Å². The van der Waals surface area contributed by atoms with Gasteiger partial charge in [0, 0.05) is 6.92 Å². The molecule has 2 rings (SSSR count). The Kier molecular flexibility index (Phi) is 2.82. The molecule has 0 amide bonds. The molecule has 0 aliphatic heterocycles. The van der Waals surface area contributed by atoms with E-state index in [2.05, 4.69) is 20.4 Å². The molecule has 0 radical (unpaired) electrons. The van der Waals surface area contributed by atoms with Gasteiger partial charge >= 0.3 is 5.97 Å². The Morgan fingerprint density at radius 3 is 2.88 bits per heavy atom. The molecular formula is C8H6N4O3S. The highest BCUT2D eigenvalue weighted by Gasteiger charge is 2.15. The summed E-state index contributed by atoms with van der Waals surface area (Å²) in [4.78, 5) is 10.9. The van der Waals surface area contributed by atoms with Crippen molar-refractivity contribution in [2.24, 2.45) is 0 Å². The number of carboxylic acid groups (broad SMARTS) is 1. The van der Waals surface area contributed by atoms with Crippen molar-refractivity contribution in [3.63, 3.8) is 0 Å². The van der Waals surface area contributed by atoms with Crippen molar-refractivity contribution >= 4 is 17.7 Å². The van der Waals surface area contributed by atoms with Gasteiger partial charge in [-0.25, -0.2) is 4.79 Å². The number of aromatic carboxylic acids is 1. The molecule has 16 heavy (non-hydrogen) atoms. The van der Waals surface area contributed by atoms with Crippen molar-refractivity contribution in [3.05, 3.63) is 23.7 Å². The minimum atomic E-state index is -1.08. The molecular weight excluding hydrogens is 232 g/mol. The van der Waals surface area contributed by atoms with Gasteiger partial charge in [0.1, 0.15) is 5.03 Å². The monoisotopic (exact) mass is 238 g/mol. The van der Waals surface area contributed by atoms with Crippen molar-refractivity contribution in [3.8, 4) is 0 Å². The summed E-state index contributed by atoms with van der Waals surface area (Å²) in [6, 6.07) is 1.36. The van der Waals surface area contributed by atoms with Crippen molar-refractivity contribution in [1.29, 1.82) is 0 Å². The fourth-order valence-corrected chi connectivity index (χ4v) is 1.72. The van der Waals surface area contributed by atoms with Crippen LogP contribution in [0.2, 0.25) is 0 Å². The van der Waals surface area contributed by atoms with Gasteiger partial charge in [0.15, 0.2) is 0 Å². The van der Waals surface area contributed by atoms with Crippen LogP contribution >= 0.6 is 11.8 Å². The highest BCUT2D eigenvalue weighted by atomic mass is 32.2. The lowest BCUT2D eigenvalue weighted by Crippen LogP contribution is -2.01. The Labute approximate surface area is 93.9 Å². The van der Waals surface area contributed by atoms with Crippen LogP contribution in [0, 0.1) is 6.92 Å². The Hall–Kier alpha value is -1.96. The average molecular weight is 238 g/mol. The van der Waals surface area contributed by atoms with Gasteiger partial charge in [-0.3, -0.25) is 0 Å². The smallest absolute Gasteiger partial charge is 0.338 e. The zero-order valence-corrected chi connectivity index (χ0v) is 8.93. The minimum Gasteiger partial charge on any atom is -0.478 e. The first-order chi connectivity index (χ1) is 7.66. The third-order valence-electron chi connectivity index (χ3n) is 1.61. The highest BCUT2D eigenvalue weighted by Crippen LogP contribution is 2.26. The number of aromatic nitrogens is 4. The molecule has 0 atom stereocenters. The number of hydrogen-bond donors (Lipinski definition) is 1. The topological polar surface area (TPSA) is 102 Å². The third-order valence-corrected chi connectivity index (χ3v) is 2.44. The summed E-state index contributed by atoms with van der Waals surface area (Å²) in [5.74, 6) is -0.670. The first-order valence-corrected chi connectivity index (χ1v) is 5.01. The molecule has 7 nitrogen and oxygen atoms in total. The van der Waals surface area contributed by atoms with Crippen LogP contribution in [0.1, 0.15) is 16.2 Å². The second-order valence-corrected chi connectivity index (χ2v) is 3.68. The zero-order chi connectivity index (χ0) is 11.5. The maximum Gasteiger partial charge on any atom is 0.338 e. The summed E-state index contributed by atoms with van der Waals surface area (Å²) in [6.45, 7) is 1.64. The lowest BCUT2D eigenvalue weighted by Gasteiger charge is -1.98. The van der Waals surface area contributed by atoms with E-state index in [-0.39, 0.29) is 15.8 Å². The first kappa shape index (κ1) is 10.6. The van der Waals surface area contributed by atoms with Crippen LogP contribution in [0.15, 0.2) is 26.9 Å². The summed E-state index contributed by atoms with van der Waals surface area (Å²) in [6.07, 6.45) is 1.31. The molecule has 0 bridgehead atoms. The molecule has 0 aliphatic carbocycles. The van der Waals surface area contributed by atoms with Gasteiger partial charge in [0.25, 0.3) is 5.22 Å². The summed E-state index contributed by atoms with van der Waals surface area (Å²) >= 11 is 0.969. The minimum absolute atomic E-state index is 0.0517. The summed E-state index contributed by atoms with van der Waals surface area (Å²) in [7, 11) is 0. The molecule has 0 aliphatic rings. The number of carboxylic acids is 1. The quantitative estimate of drug-likeness (QED) is 0.845. The molecule has 2 aromatic rings. The molecule has 0 saturated heterocycles. The summed E-state index contributed by atoms with van der Waals surface area (Å²) in [5.41, 5.74) is 0.0517. The van der Waals surface area contributed by atoms with Crippen molar-refractivity contribution < 1.29 is 14.3 Å². The van der Waals surface area contributed by atoms with Crippen molar-refractivity contribution in [2.45, 2.75) is 17.2 Å². The number of rotatable bonds is 3. The molecule has 1 N–H and O–H groups in total. The summed E-state index contributed by atoms with van der Waals surface area (Å²) < 4.78 is 5.10. The maximum atomic E-state index is 10.9. The van der Waals surface area contributed by atoms with Gasteiger partial charge in [-0.05, 0) is 17.8 Å². The lowest BCUT2D eigenvalue weighted by molar-refractivity contribution is 0.0692. The third kappa shape index (κ3) is 2.16. The normalized spacial score (nSPS) is 10.3. The van der Waals surface area contributed by atoms with Gasteiger partial charge in [0.2, 0.25) is 5.89 Å². The molecule has 82 valence electrons. The van der Waals surface area contributed by atoms with E-state index in [0.717, 1.165) is 11.8 Å². The predicted octanol–water partition coefficient (Wildman–Crippen LogP) is 1.02. The molecule has 2 aromatic heterocycles. The van der Waals surface area contributed by atoms with Gasteiger partial charge < -0.3 is 9.52 Å². The van der Waals surface area contributed by atoms with Crippen molar-refractivity contribution in [2.75, 3.05) is 0 Å². The number of carbonyl (C=O) groups is 1. The first-order valence-electron chi connectivity index (χ1n) is 4.20. The van der Waals surface area contributed by atoms with Gasteiger partial charge in [0.05, 0.1) is 11.8 Å². The van der Waals surface area contributed by atoms with Crippen LogP contribution in [-0.4, -0.2) is 31.5 Å². The number of nitrogens with zero attached hydrogens (tertiary/aromatic N) is 4. The van der Waals surface area contributed by atoms with Gasteiger partial charge in [-0.2, -0.15) is 5.10 Å². The second-order valence-electron chi connectivity index (χ2n) is 2.74. The Bertz CT molecular complexity index is 528. The fourth-order valence-electron chi connectivity index (χ4n) is 0.959. The molecule has 8 heteroatoms. The maximum absolute atomic E-state index is 10.9. The van der Waals surface area contributed by atoms with E-state index in [9.17, 15) is 4.79 Å². The molecule has 0 fully saturated rings. The Morgan fingerprint density at radius 2 is 2.25 bits per heavy atom. The predicted molar refractivity (Wildman–Crippen MR) is 52.1 cm³/mol. The van der Waals surface area contributed by atoms with E-state index in [1.165, 1.54) is 12.3 Å². The largest absolute Gasteiger partial charge is 0.478 e. The zero-order valence-electron chi connectivity index (χ0n) is 8.12. The fraction of sp³-hybridized carbons (Fsp3) is 0.125. The van der Waals surface area contributed by atoms with Crippen molar-refractivity contribution in [1.82, 2.24) is 20.4 Å². The van der Waals surface area contributed by atoms with E-state index in [4.69, 9.17) is 9.52 Å². The standard InChI is InChI=1S/C8H6N4O3S/c1-4-10-12-8(15-4)16-6-5(7(13)14)2-3-9-11-6/h2-3H,1H3,(H,13,14). The van der Waals surface area contributed by atoms with Crippen LogP contribution in [0.25, 0.3) is 0 Å². The van der Waals surface area contributed by atoms with E-state index in [1.807, 2.05) is 0 Å². The molecule has 0 aromatic carbocycles. The molecule has 0 unspecified atom stereocenters. The average Bonchev–Trinajstić information content (AvgIpc) is 2.64. The van der Waals surface area contributed by atoms with E-state index >= 15 is 0 Å². The van der Waals surface area contributed by atoms with Crippen LogP contribution in [-0.2, 0) is 0 Å².